The summed E-state index contributed by atoms with van der Waals surface area (Å²) in [6.45, 7) is 1.14. The van der Waals surface area contributed by atoms with Crippen molar-refractivity contribution in [1.82, 2.24) is 40.5 Å². The van der Waals surface area contributed by atoms with E-state index in [1.807, 2.05) is 12.1 Å². The van der Waals surface area contributed by atoms with E-state index >= 15 is 0 Å². The summed E-state index contributed by atoms with van der Waals surface area (Å²) < 4.78 is 35.3. The molecule has 3 heterocycles. The molecule has 12 heteroatoms. The molecule has 2 aromatic heterocycles. The zero-order valence-corrected chi connectivity index (χ0v) is 17.9. The molecule has 0 bridgehead atoms. The molecule has 0 spiro atoms. The van der Waals surface area contributed by atoms with Crippen molar-refractivity contribution >= 4 is 5.91 Å². The molecule has 1 amide bonds. The SMILES string of the molecule is O=C(NC1CCn2nnnc2C1)c1ccc(Cn2cc(COc3cc(F)cc(F)c3)nn2)cc1. The minimum Gasteiger partial charge on any atom is -0.487 e. The number of halogens is 2. The lowest BCUT2D eigenvalue weighted by atomic mass is 10.1. The van der Waals surface area contributed by atoms with E-state index in [-0.39, 0.29) is 24.3 Å². The highest BCUT2D eigenvalue weighted by molar-refractivity contribution is 5.94. The lowest BCUT2D eigenvalue weighted by Gasteiger charge is -2.22. The standard InChI is InChI=1S/C22H20F2N8O2/c23-16-7-17(24)9-20(8-16)34-13-19-12-31(29-26-19)11-14-1-3-15(4-2-14)22(33)25-18-5-6-32-21(10-18)27-28-30-32/h1-4,7-9,12,18H,5-6,10-11,13H2,(H,25,33). The van der Waals surface area contributed by atoms with E-state index in [4.69, 9.17) is 4.74 Å². The minimum absolute atomic E-state index is 0.00895. The van der Waals surface area contributed by atoms with Crippen LogP contribution in [0.1, 0.15) is 33.9 Å². The fourth-order valence-electron chi connectivity index (χ4n) is 3.74. The van der Waals surface area contributed by atoms with Crippen LogP contribution in [0.3, 0.4) is 0 Å². The second-order valence-corrected chi connectivity index (χ2v) is 7.98. The normalized spacial score (nSPS) is 15.1. The lowest BCUT2D eigenvalue weighted by Crippen LogP contribution is -2.40. The Hall–Kier alpha value is -4.22. The van der Waals surface area contributed by atoms with Gasteiger partial charge in [-0.1, -0.05) is 17.3 Å². The number of hydrogen-bond donors (Lipinski definition) is 1. The molecular formula is C22H20F2N8O2. The van der Waals surface area contributed by atoms with Crippen molar-refractivity contribution in [2.75, 3.05) is 0 Å². The number of nitrogens with zero attached hydrogens (tertiary/aromatic N) is 7. The summed E-state index contributed by atoms with van der Waals surface area (Å²) in [7, 11) is 0. The molecule has 34 heavy (non-hydrogen) atoms. The van der Waals surface area contributed by atoms with Crippen LogP contribution in [0.15, 0.2) is 48.7 Å². The molecule has 2 aromatic carbocycles. The molecule has 0 aliphatic carbocycles. The van der Waals surface area contributed by atoms with Crippen molar-refractivity contribution in [3.63, 3.8) is 0 Å². The quantitative estimate of drug-likeness (QED) is 0.443. The summed E-state index contributed by atoms with van der Waals surface area (Å²) in [5, 5.41) is 22.6. The third-order valence-corrected chi connectivity index (χ3v) is 5.43. The molecule has 0 radical (unpaired) electrons. The van der Waals surface area contributed by atoms with Gasteiger partial charge in [-0.2, -0.15) is 0 Å². The van der Waals surface area contributed by atoms with Crippen LogP contribution < -0.4 is 10.1 Å². The number of benzene rings is 2. The Morgan fingerprint density at radius 1 is 1.09 bits per heavy atom. The van der Waals surface area contributed by atoms with E-state index in [1.165, 1.54) is 0 Å². The maximum Gasteiger partial charge on any atom is 0.251 e. The Morgan fingerprint density at radius 3 is 2.68 bits per heavy atom. The van der Waals surface area contributed by atoms with Crippen molar-refractivity contribution in [1.29, 1.82) is 0 Å². The van der Waals surface area contributed by atoms with Gasteiger partial charge in [-0.3, -0.25) is 4.79 Å². The van der Waals surface area contributed by atoms with Crippen LogP contribution >= 0.6 is 0 Å². The fourth-order valence-corrected chi connectivity index (χ4v) is 3.74. The van der Waals surface area contributed by atoms with Crippen molar-refractivity contribution in [2.24, 2.45) is 0 Å². The molecule has 1 aliphatic rings. The minimum atomic E-state index is -0.712. The number of fused-ring (bicyclic) bond motifs is 1. The summed E-state index contributed by atoms with van der Waals surface area (Å²) >= 11 is 0. The molecule has 0 fully saturated rings. The summed E-state index contributed by atoms with van der Waals surface area (Å²) in [4.78, 5) is 12.6. The molecule has 5 rings (SSSR count). The number of rotatable bonds is 7. The molecule has 0 saturated carbocycles. The summed E-state index contributed by atoms with van der Waals surface area (Å²) in [5.41, 5.74) is 2.00. The zero-order chi connectivity index (χ0) is 23.5. The zero-order valence-electron chi connectivity index (χ0n) is 17.9. The number of ether oxygens (including phenoxy) is 1. The number of carbonyl (C=O) groups is 1. The predicted octanol–water partition coefficient (Wildman–Crippen LogP) is 1.91. The molecule has 1 unspecified atom stereocenters. The van der Waals surface area contributed by atoms with Crippen LogP contribution in [0.2, 0.25) is 0 Å². The summed E-state index contributed by atoms with van der Waals surface area (Å²) in [5.74, 6) is -0.723. The largest absolute Gasteiger partial charge is 0.487 e. The topological polar surface area (TPSA) is 113 Å². The maximum absolute atomic E-state index is 13.3. The predicted molar refractivity (Wildman–Crippen MR) is 114 cm³/mol. The highest BCUT2D eigenvalue weighted by Crippen LogP contribution is 2.17. The van der Waals surface area contributed by atoms with E-state index in [0.29, 0.717) is 30.8 Å². The van der Waals surface area contributed by atoms with Gasteiger partial charge >= 0.3 is 0 Å². The first-order chi connectivity index (χ1) is 16.5. The van der Waals surface area contributed by atoms with E-state index in [1.54, 1.807) is 27.7 Å². The monoisotopic (exact) mass is 466 g/mol. The first-order valence-corrected chi connectivity index (χ1v) is 10.6. The van der Waals surface area contributed by atoms with Crippen LogP contribution in [0.25, 0.3) is 0 Å². The van der Waals surface area contributed by atoms with Gasteiger partial charge in [0.05, 0.1) is 12.7 Å². The lowest BCUT2D eigenvalue weighted by molar-refractivity contribution is 0.0930. The van der Waals surface area contributed by atoms with Gasteiger partial charge < -0.3 is 10.1 Å². The van der Waals surface area contributed by atoms with Gasteiger partial charge in [0, 0.05) is 42.8 Å². The summed E-state index contributed by atoms with van der Waals surface area (Å²) in [6, 6.07) is 10.2. The molecule has 1 N–H and O–H groups in total. The smallest absolute Gasteiger partial charge is 0.251 e. The fraction of sp³-hybridized carbons (Fsp3) is 0.273. The van der Waals surface area contributed by atoms with Crippen molar-refractivity contribution in [2.45, 2.75) is 38.6 Å². The third kappa shape index (κ3) is 5.05. The molecule has 1 aliphatic heterocycles. The van der Waals surface area contributed by atoms with Gasteiger partial charge in [0.2, 0.25) is 0 Å². The number of nitrogens with one attached hydrogen (secondary N) is 1. The number of tetrazole rings is 1. The molecule has 1 atom stereocenters. The number of hydrogen-bond acceptors (Lipinski definition) is 7. The molecule has 10 nitrogen and oxygen atoms in total. The Balaban J connectivity index is 1.14. The first-order valence-electron chi connectivity index (χ1n) is 10.6. The van der Waals surface area contributed by atoms with Crippen molar-refractivity contribution in [3.05, 3.63) is 82.9 Å². The van der Waals surface area contributed by atoms with E-state index in [2.05, 4.69) is 31.2 Å². The van der Waals surface area contributed by atoms with Crippen LogP contribution in [0, 0.1) is 11.6 Å². The number of aryl methyl sites for hydroxylation is 1. The van der Waals surface area contributed by atoms with E-state index in [0.717, 1.165) is 36.0 Å². The Kier molecular flexibility index (Phi) is 5.93. The molecule has 174 valence electrons. The second kappa shape index (κ2) is 9.33. The Bertz CT molecular complexity index is 1280. The van der Waals surface area contributed by atoms with Crippen molar-refractivity contribution in [3.8, 4) is 5.75 Å². The third-order valence-electron chi connectivity index (χ3n) is 5.43. The first kappa shape index (κ1) is 21.6. The van der Waals surface area contributed by atoms with Gasteiger partial charge in [0.1, 0.15) is 29.7 Å². The van der Waals surface area contributed by atoms with Gasteiger partial charge in [0.25, 0.3) is 5.91 Å². The molecule has 4 aromatic rings. The number of aromatic nitrogens is 7. The van der Waals surface area contributed by atoms with Crippen LogP contribution in [-0.4, -0.2) is 47.2 Å². The number of amides is 1. The summed E-state index contributed by atoms with van der Waals surface area (Å²) in [6.07, 6.45) is 3.06. The average molecular weight is 466 g/mol. The van der Waals surface area contributed by atoms with E-state index < -0.39 is 11.6 Å². The Morgan fingerprint density at radius 2 is 1.88 bits per heavy atom. The average Bonchev–Trinajstić information content (AvgIpc) is 3.46. The van der Waals surface area contributed by atoms with Gasteiger partial charge in [-0.25, -0.2) is 18.1 Å². The molecular weight excluding hydrogens is 446 g/mol. The van der Waals surface area contributed by atoms with Gasteiger partial charge in [-0.15, -0.1) is 10.2 Å². The van der Waals surface area contributed by atoms with Gasteiger partial charge in [-0.05, 0) is 34.5 Å². The maximum atomic E-state index is 13.3. The van der Waals surface area contributed by atoms with Crippen molar-refractivity contribution < 1.29 is 18.3 Å². The van der Waals surface area contributed by atoms with Crippen LogP contribution in [0.5, 0.6) is 5.75 Å². The highest BCUT2D eigenvalue weighted by atomic mass is 19.1. The molecule has 0 saturated heterocycles. The Labute approximate surface area is 192 Å². The van der Waals surface area contributed by atoms with Crippen LogP contribution in [0.4, 0.5) is 8.78 Å². The second-order valence-electron chi connectivity index (χ2n) is 7.98. The van der Waals surface area contributed by atoms with E-state index in [9.17, 15) is 13.6 Å². The number of carbonyl (C=O) groups excluding carboxylic acids is 1. The highest BCUT2D eigenvalue weighted by Gasteiger charge is 2.22. The van der Waals surface area contributed by atoms with Gasteiger partial charge in [0.15, 0.2) is 5.82 Å². The van der Waals surface area contributed by atoms with Crippen LogP contribution in [-0.2, 0) is 26.1 Å².